The van der Waals surface area contributed by atoms with Gasteiger partial charge in [-0.3, -0.25) is 0 Å². The van der Waals surface area contributed by atoms with Gasteiger partial charge < -0.3 is 10.0 Å². The van der Waals surface area contributed by atoms with Crippen molar-refractivity contribution in [2.24, 2.45) is 0 Å². The number of anilines is 1. The van der Waals surface area contributed by atoms with Crippen LogP contribution in [-0.2, 0) is 6.54 Å². The first-order valence-electron chi connectivity index (χ1n) is 4.81. The summed E-state index contributed by atoms with van der Waals surface area (Å²) in [6, 6.07) is 1.36. The zero-order chi connectivity index (χ0) is 12.3. The molecule has 88 valence electrons. The van der Waals surface area contributed by atoms with E-state index in [0.717, 1.165) is 5.69 Å². The van der Waals surface area contributed by atoms with Crippen LogP contribution in [-0.4, -0.2) is 33.1 Å². The van der Waals surface area contributed by atoms with Gasteiger partial charge in [0.25, 0.3) is 0 Å². The minimum atomic E-state index is -1.06. The molecule has 0 amide bonds. The van der Waals surface area contributed by atoms with E-state index in [0.29, 0.717) is 12.5 Å². The summed E-state index contributed by atoms with van der Waals surface area (Å²) in [7, 11) is 1.79. The predicted octanol–water partition coefficient (Wildman–Crippen LogP) is 1.27. The summed E-state index contributed by atoms with van der Waals surface area (Å²) in [6.45, 7) is 0.548. The van der Waals surface area contributed by atoms with Crippen molar-refractivity contribution in [3.63, 3.8) is 0 Å². The van der Waals surface area contributed by atoms with E-state index in [2.05, 4.69) is 15.0 Å². The lowest BCUT2D eigenvalue weighted by molar-refractivity contribution is 0.0690. The van der Waals surface area contributed by atoms with Gasteiger partial charge >= 0.3 is 5.97 Å². The number of carboxylic acid groups (broad SMARTS) is 1. The van der Waals surface area contributed by atoms with Crippen molar-refractivity contribution in [2.75, 3.05) is 11.9 Å². The predicted molar refractivity (Wildman–Crippen MR) is 63.2 cm³/mol. The Morgan fingerprint density at radius 3 is 3.00 bits per heavy atom. The molecule has 0 radical (unpaired) electrons. The van der Waals surface area contributed by atoms with E-state index in [1.54, 1.807) is 17.5 Å². The second kappa shape index (κ2) is 4.88. The fourth-order valence-electron chi connectivity index (χ4n) is 1.28. The minimum Gasteiger partial charge on any atom is -0.477 e. The molecule has 0 bridgehead atoms. The van der Waals surface area contributed by atoms with Gasteiger partial charge in [0, 0.05) is 18.6 Å². The fourth-order valence-corrected chi connectivity index (χ4v) is 1.83. The first kappa shape index (κ1) is 11.5. The molecule has 0 spiro atoms. The highest BCUT2D eigenvalue weighted by Gasteiger charge is 2.10. The van der Waals surface area contributed by atoms with Crippen LogP contribution < -0.4 is 4.90 Å². The van der Waals surface area contributed by atoms with Gasteiger partial charge in [-0.25, -0.2) is 19.7 Å². The van der Waals surface area contributed by atoms with Gasteiger partial charge in [-0.1, -0.05) is 0 Å². The molecule has 0 fully saturated rings. The molecule has 2 rings (SSSR count). The van der Waals surface area contributed by atoms with Crippen LogP contribution in [0.25, 0.3) is 0 Å². The van der Waals surface area contributed by atoms with Gasteiger partial charge in [0.05, 0.1) is 17.7 Å². The molecule has 2 heterocycles. The van der Waals surface area contributed by atoms with E-state index in [9.17, 15) is 4.79 Å². The third-order valence-electron chi connectivity index (χ3n) is 2.09. The molecule has 2 aromatic rings. The Morgan fingerprint density at radius 2 is 2.35 bits per heavy atom. The third kappa shape index (κ3) is 2.76. The lowest BCUT2D eigenvalue weighted by atomic mass is 10.4. The number of aromatic nitrogens is 3. The summed E-state index contributed by atoms with van der Waals surface area (Å²) in [6.07, 6.45) is 1.43. The van der Waals surface area contributed by atoms with Gasteiger partial charge in [-0.05, 0) is 6.07 Å². The quantitative estimate of drug-likeness (QED) is 0.880. The molecule has 0 saturated heterocycles. The third-order valence-corrected chi connectivity index (χ3v) is 2.72. The van der Waals surface area contributed by atoms with E-state index < -0.39 is 5.97 Å². The van der Waals surface area contributed by atoms with Crippen LogP contribution in [0.1, 0.15) is 16.2 Å². The summed E-state index contributed by atoms with van der Waals surface area (Å²) < 4.78 is 0. The van der Waals surface area contributed by atoms with Crippen molar-refractivity contribution in [1.82, 2.24) is 15.0 Å². The number of carbonyl (C=O) groups is 1. The second-order valence-electron chi connectivity index (χ2n) is 3.38. The summed E-state index contributed by atoms with van der Waals surface area (Å²) in [5.41, 5.74) is 2.64. The summed E-state index contributed by atoms with van der Waals surface area (Å²) in [4.78, 5) is 24.6. The Labute approximate surface area is 102 Å². The SMILES string of the molecule is CN(Cc1cscn1)c1nccc(C(=O)O)n1. The Kier molecular flexibility index (Phi) is 3.29. The van der Waals surface area contributed by atoms with Crippen LogP contribution >= 0.6 is 11.3 Å². The maximum absolute atomic E-state index is 10.8. The fraction of sp³-hybridized carbons (Fsp3) is 0.200. The van der Waals surface area contributed by atoms with Crippen molar-refractivity contribution < 1.29 is 9.90 Å². The molecule has 0 aliphatic heterocycles. The zero-order valence-corrected chi connectivity index (χ0v) is 9.89. The first-order chi connectivity index (χ1) is 8.16. The van der Waals surface area contributed by atoms with Crippen LogP contribution in [0.3, 0.4) is 0 Å². The molecule has 0 saturated carbocycles. The number of aromatic carboxylic acids is 1. The maximum Gasteiger partial charge on any atom is 0.354 e. The lowest BCUT2D eigenvalue weighted by Gasteiger charge is -2.15. The van der Waals surface area contributed by atoms with Crippen LogP contribution in [0.4, 0.5) is 5.95 Å². The smallest absolute Gasteiger partial charge is 0.354 e. The maximum atomic E-state index is 10.8. The van der Waals surface area contributed by atoms with Crippen LogP contribution in [0.5, 0.6) is 0 Å². The standard InChI is InChI=1S/C10H10N4O2S/c1-14(4-7-5-17-6-12-7)10-11-3-2-8(13-10)9(15)16/h2-3,5-6H,4H2,1H3,(H,15,16). The normalized spacial score (nSPS) is 10.2. The van der Waals surface area contributed by atoms with Crippen molar-refractivity contribution in [1.29, 1.82) is 0 Å². The van der Waals surface area contributed by atoms with Crippen molar-refractivity contribution >= 4 is 23.3 Å². The average Bonchev–Trinajstić information content (AvgIpc) is 2.82. The number of hydrogen-bond acceptors (Lipinski definition) is 6. The number of nitrogens with zero attached hydrogens (tertiary/aromatic N) is 4. The molecule has 0 atom stereocenters. The Morgan fingerprint density at radius 1 is 1.53 bits per heavy atom. The zero-order valence-electron chi connectivity index (χ0n) is 9.07. The van der Waals surface area contributed by atoms with E-state index in [1.807, 2.05) is 5.38 Å². The van der Waals surface area contributed by atoms with Crippen LogP contribution in [0.15, 0.2) is 23.2 Å². The monoisotopic (exact) mass is 250 g/mol. The first-order valence-corrected chi connectivity index (χ1v) is 5.75. The molecular formula is C10H10N4O2S. The lowest BCUT2D eigenvalue weighted by Crippen LogP contribution is -2.20. The molecule has 1 N–H and O–H groups in total. The van der Waals surface area contributed by atoms with Crippen LogP contribution in [0.2, 0.25) is 0 Å². The summed E-state index contributed by atoms with van der Waals surface area (Å²) in [5, 5.41) is 10.8. The molecule has 7 heteroatoms. The van der Waals surface area contributed by atoms with Gasteiger partial charge in [-0.2, -0.15) is 0 Å². The molecule has 6 nitrogen and oxygen atoms in total. The van der Waals surface area contributed by atoms with Gasteiger partial charge in [0.2, 0.25) is 5.95 Å². The summed E-state index contributed by atoms with van der Waals surface area (Å²) >= 11 is 1.51. The van der Waals surface area contributed by atoms with E-state index >= 15 is 0 Å². The molecule has 17 heavy (non-hydrogen) atoms. The average molecular weight is 250 g/mol. The highest BCUT2D eigenvalue weighted by Crippen LogP contribution is 2.10. The largest absolute Gasteiger partial charge is 0.477 e. The second-order valence-corrected chi connectivity index (χ2v) is 4.10. The summed E-state index contributed by atoms with van der Waals surface area (Å²) in [5.74, 6) is -0.686. The topological polar surface area (TPSA) is 79.2 Å². The van der Waals surface area contributed by atoms with Gasteiger partial charge in [-0.15, -0.1) is 11.3 Å². The Bertz CT molecular complexity index is 515. The van der Waals surface area contributed by atoms with Gasteiger partial charge in [0.15, 0.2) is 5.69 Å². The van der Waals surface area contributed by atoms with E-state index in [-0.39, 0.29) is 5.69 Å². The number of rotatable bonds is 4. The molecular weight excluding hydrogens is 240 g/mol. The number of carboxylic acids is 1. The van der Waals surface area contributed by atoms with E-state index in [4.69, 9.17) is 5.11 Å². The highest BCUT2D eigenvalue weighted by molar-refractivity contribution is 7.07. The minimum absolute atomic E-state index is 0.0138. The van der Waals surface area contributed by atoms with Gasteiger partial charge in [0.1, 0.15) is 0 Å². The molecule has 0 aromatic carbocycles. The van der Waals surface area contributed by atoms with Crippen molar-refractivity contribution in [3.05, 3.63) is 34.5 Å². The molecule has 2 aromatic heterocycles. The molecule has 0 unspecified atom stereocenters. The van der Waals surface area contributed by atoms with E-state index in [1.165, 1.54) is 23.6 Å². The van der Waals surface area contributed by atoms with Crippen molar-refractivity contribution in [2.45, 2.75) is 6.54 Å². The molecule has 0 aliphatic carbocycles. The number of hydrogen-bond donors (Lipinski definition) is 1. The van der Waals surface area contributed by atoms with Crippen LogP contribution in [0, 0.1) is 0 Å². The molecule has 0 aliphatic rings. The van der Waals surface area contributed by atoms with Crippen molar-refractivity contribution in [3.8, 4) is 0 Å². The Hall–Kier alpha value is -2.02. The highest BCUT2D eigenvalue weighted by atomic mass is 32.1. The number of thiazole rings is 1. The Balaban J connectivity index is 2.16.